The second-order valence-electron chi connectivity index (χ2n) is 5.78. The minimum absolute atomic E-state index is 0.457. The molecule has 0 unspecified atom stereocenters. The highest BCUT2D eigenvalue weighted by Crippen LogP contribution is 2.19. The number of benzene rings is 1. The summed E-state index contributed by atoms with van der Waals surface area (Å²) in [4.78, 5) is 13.7. The predicted octanol–water partition coefficient (Wildman–Crippen LogP) is 2.50. The lowest BCUT2D eigenvalue weighted by Crippen LogP contribution is -2.52. The van der Waals surface area contributed by atoms with E-state index in [4.69, 9.17) is 0 Å². The van der Waals surface area contributed by atoms with Crippen LogP contribution in [0.4, 0.5) is 5.82 Å². The summed E-state index contributed by atoms with van der Waals surface area (Å²) in [6.45, 7) is 8.41. The van der Waals surface area contributed by atoms with E-state index >= 15 is 0 Å². The van der Waals surface area contributed by atoms with Crippen LogP contribution < -0.4 is 4.90 Å². The van der Waals surface area contributed by atoms with Crippen molar-refractivity contribution in [2.75, 3.05) is 24.5 Å². The second-order valence-corrected chi connectivity index (χ2v) is 5.78. The van der Waals surface area contributed by atoms with Gasteiger partial charge < -0.3 is 4.90 Å². The van der Waals surface area contributed by atoms with Crippen molar-refractivity contribution in [1.82, 2.24) is 14.9 Å². The highest BCUT2D eigenvalue weighted by atomic mass is 15.3. The summed E-state index contributed by atoms with van der Waals surface area (Å²) in [5.41, 5.74) is 2.36. The summed E-state index contributed by atoms with van der Waals surface area (Å²) in [7, 11) is 0. The predicted molar refractivity (Wildman–Crippen MR) is 85.3 cm³/mol. The number of hydrogen-bond acceptors (Lipinski definition) is 4. The third-order valence-corrected chi connectivity index (χ3v) is 4.00. The number of aryl methyl sites for hydroxylation is 1. The molecule has 4 nitrogen and oxygen atoms in total. The molecule has 1 aromatic heterocycles. The first-order valence-corrected chi connectivity index (χ1v) is 7.54. The lowest BCUT2D eigenvalue weighted by molar-refractivity contribution is 0.220. The molecule has 3 rings (SSSR count). The Morgan fingerprint density at radius 2 is 1.95 bits per heavy atom. The molecule has 0 N–H and O–H groups in total. The van der Waals surface area contributed by atoms with Crippen molar-refractivity contribution in [3.8, 4) is 0 Å². The van der Waals surface area contributed by atoms with Crippen molar-refractivity contribution >= 4 is 5.82 Å². The molecule has 0 saturated carbocycles. The SMILES string of the molecule is Cc1cncc(N2CCN(Cc3ccccc3)C[C@H]2C)n1. The number of aromatic nitrogens is 2. The van der Waals surface area contributed by atoms with Crippen LogP contribution in [0, 0.1) is 6.92 Å². The normalized spacial score (nSPS) is 19.7. The molecule has 1 saturated heterocycles. The van der Waals surface area contributed by atoms with Gasteiger partial charge in [0.1, 0.15) is 5.82 Å². The average molecular weight is 282 g/mol. The first-order valence-electron chi connectivity index (χ1n) is 7.54. The Morgan fingerprint density at radius 3 is 2.67 bits per heavy atom. The zero-order valence-corrected chi connectivity index (χ0v) is 12.7. The molecule has 0 radical (unpaired) electrons. The molecule has 1 aromatic carbocycles. The van der Waals surface area contributed by atoms with Crippen LogP contribution in [0.15, 0.2) is 42.7 Å². The number of piperazine rings is 1. The van der Waals surface area contributed by atoms with Gasteiger partial charge in [0.25, 0.3) is 0 Å². The Labute approximate surface area is 126 Å². The van der Waals surface area contributed by atoms with Gasteiger partial charge in [0, 0.05) is 38.4 Å². The van der Waals surface area contributed by atoms with Crippen LogP contribution in [0.5, 0.6) is 0 Å². The summed E-state index contributed by atoms with van der Waals surface area (Å²) in [6, 6.07) is 11.1. The van der Waals surface area contributed by atoms with Gasteiger partial charge in [-0.3, -0.25) is 9.88 Å². The van der Waals surface area contributed by atoms with Crippen molar-refractivity contribution in [3.63, 3.8) is 0 Å². The molecule has 0 aliphatic carbocycles. The molecule has 2 heterocycles. The Balaban J connectivity index is 1.64. The third kappa shape index (κ3) is 3.39. The standard InChI is InChI=1S/C17H22N4/c1-14-10-18-11-17(19-14)21-9-8-20(12-15(21)2)13-16-6-4-3-5-7-16/h3-7,10-11,15H,8-9,12-13H2,1-2H3/t15-/m1/s1. The fourth-order valence-corrected chi connectivity index (χ4v) is 2.95. The highest BCUT2D eigenvalue weighted by Gasteiger charge is 2.24. The van der Waals surface area contributed by atoms with Crippen molar-refractivity contribution in [2.45, 2.75) is 26.4 Å². The lowest BCUT2D eigenvalue weighted by Gasteiger charge is -2.40. The maximum absolute atomic E-state index is 4.60. The van der Waals surface area contributed by atoms with Crippen molar-refractivity contribution in [3.05, 3.63) is 54.0 Å². The molecular weight excluding hydrogens is 260 g/mol. The minimum atomic E-state index is 0.457. The van der Waals surface area contributed by atoms with Gasteiger partial charge in [-0.2, -0.15) is 0 Å². The Kier molecular flexibility index (Phi) is 4.15. The maximum Gasteiger partial charge on any atom is 0.147 e. The fraction of sp³-hybridized carbons (Fsp3) is 0.412. The number of anilines is 1. The Hall–Kier alpha value is -1.94. The molecule has 2 aromatic rings. The van der Waals surface area contributed by atoms with Crippen molar-refractivity contribution in [2.24, 2.45) is 0 Å². The summed E-state index contributed by atoms with van der Waals surface area (Å²) in [5.74, 6) is 1.00. The third-order valence-electron chi connectivity index (χ3n) is 4.00. The van der Waals surface area contributed by atoms with Crippen LogP contribution in [0.3, 0.4) is 0 Å². The van der Waals surface area contributed by atoms with Crippen LogP contribution in [0.25, 0.3) is 0 Å². The topological polar surface area (TPSA) is 32.3 Å². The van der Waals surface area contributed by atoms with Gasteiger partial charge in [0.05, 0.1) is 11.9 Å². The van der Waals surface area contributed by atoms with Crippen molar-refractivity contribution in [1.29, 1.82) is 0 Å². The number of hydrogen-bond donors (Lipinski definition) is 0. The van der Waals surface area contributed by atoms with E-state index in [1.807, 2.05) is 13.1 Å². The van der Waals surface area contributed by atoms with Crippen LogP contribution in [0.1, 0.15) is 18.2 Å². The largest absolute Gasteiger partial charge is 0.350 e. The zero-order valence-electron chi connectivity index (χ0n) is 12.7. The molecule has 1 atom stereocenters. The van der Waals surface area contributed by atoms with E-state index < -0.39 is 0 Å². The molecule has 1 aliphatic heterocycles. The van der Waals surface area contributed by atoms with Gasteiger partial charge >= 0.3 is 0 Å². The first-order chi connectivity index (χ1) is 10.2. The zero-order chi connectivity index (χ0) is 14.7. The van der Waals surface area contributed by atoms with E-state index in [0.717, 1.165) is 37.7 Å². The van der Waals surface area contributed by atoms with E-state index in [-0.39, 0.29) is 0 Å². The van der Waals surface area contributed by atoms with E-state index in [0.29, 0.717) is 6.04 Å². The van der Waals surface area contributed by atoms with Gasteiger partial charge in [-0.1, -0.05) is 30.3 Å². The molecule has 0 spiro atoms. The van der Waals surface area contributed by atoms with Gasteiger partial charge in [-0.05, 0) is 19.4 Å². The first kappa shape index (κ1) is 14.0. The van der Waals surface area contributed by atoms with E-state index in [1.54, 1.807) is 6.20 Å². The molecule has 110 valence electrons. The second kappa shape index (κ2) is 6.22. The van der Waals surface area contributed by atoms with Gasteiger partial charge in [0.2, 0.25) is 0 Å². The fourth-order valence-electron chi connectivity index (χ4n) is 2.95. The summed E-state index contributed by atoms with van der Waals surface area (Å²) < 4.78 is 0. The van der Waals surface area contributed by atoms with Crippen LogP contribution in [0.2, 0.25) is 0 Å². The average Bonchev–Trinajstić information content (AvgIpc) is 2.48. The molecule has 0 amide bonds. The number of nitrogens with zero attached hydrogens (tertiary/aromatic N) is 4. The van der Waals surface area contributed by atoms with E-state index in [9.17, 15) is 0 Å². The van der Waals surface area contributed by atoms with Crippen LogP contribution >= 0.6 is 0 Å². The van der Waals surface area contributed by atoms with Crippen LogP contribution in [-0.4, -0.2) is 40.5 Å². The number of rotatable bonds is 3. The smallest absolute Gasteiger partial charge is 0.147 e. The van der Waals surface area contributed by atoms with Gasteiger partial charge in [-0.25, -0.2) is 4.98 Å². The summed E-state index contributed by atoms with van der Waals surface area (Å²) >= 11 is 0. The molecule has 1 aliphatic rings. The quantitative estimate of drug-likeness (QED) is 0.866. The maximum atomic E-state index is 4.60. The molecular formula is C17H22N4. The molecule has 4 heteroatoms. The molecule has 1 fully saturated rings. The van der Waals surface area contributed by atoms with E-state index in [1.165, 1.54) is 5.56 Å². The summed E-state index contributed by atoms with van der Waals surface area (Å²) in [5, 5.41) is 0. The van der Waals surface area contributed by atoms with E-state index in [2.05, 4.69) is 57.0 Å². The lowest BCUT2D eigenvalue weighted by atomic mass is 10.1. The molecule has 0 bridgehead atoms. The summed E-state index contributed by atoms with van der Waals surface area (Å²) in [6.07, 6.45) is 3.68. The monoisotopic (exact) mass is 282 g/mol. The Bertz CT molecular complexity index is 584. The molecule has 21 heavy (non-hydrogen) atoms. The minimum Gasteiger partial charge on any atom is -0.350 e. The van der Waals surface area contributed by atoms with Crippen molar-refractivity contribution < 1.29 is 0 Å². The van der Waals surface area contributed by atoms with Gasteiger partial charge in [-0.15, -0.1) is 0 Å². The highest BCUT2D eigenvalue weighted by molar-refractivity contribution is 5.38. The van der Waals surface area contributed by atoms with Crippen LogP contribution in [-0.2, 0) is 6.54 Å². The van der Waals surface area contributed by atoms with Gasteiger partial charge in [0.15, 0.2) is 0 Å². The Morgan fingerprint density at radius 1 is 1.14 bits per heavy atom.